The summed E-state index contributed by atoms with van der Waals surface area (Å²) in [6.07, 6.45) is 0.357. The van der Waals surface area contributed by atoms with Gasteiger partial charge in [-0.05, 0) is 50.6 Å². The molecule has 0 bridgehead atoms. The number of rotatable bonds is 7. The number of nitrogens with zero attached hydrogens (tertiary/aromatic N) is 1. The Bertz CT molecular complexity index is 644. The monoisotopic (exact) mass is 334 g/mol. The van der Waals surface area contributed by atoms with Crippen molar-refractivity contribution in [1.29, 1.82) is 0 Å². The van der Waals surface area contributed by atoms with Gasteiger partial charge in [-0.2, -0.15) is 0 Å². The first kappa shape index (κ1) is 17.8. The largest absolute Gasteiger partial charge is 0.393 e. The molecule has 23 heavy (non-hydrogen) atoms. The lowest BCUT2D eigenvalue weighted by molar-refractivity contribution is 0.0938. The van der Waals surface area contributed by atoms with Crippen LogP contribution in [-0.4, -0.2) is 28.2 Å². The summed E-state index contributed by atoms with van der Waals surface area (Å²) in [6, 6.07) is 6.12. The smallest absolute Gasteiger partial charge is 0.253 e. The lowest BCUT2D eigenvalue weighted by atomic mass is 10.0. The predicted molar refractivity (Wildman–Crippen MR) is 95.1 cm³/mol. The number of aliphatic hydroxyl groups excluding tert-OH is 1. The third-order valence-corrected chi connectivity index (χ3v) is 4.93. The number of carbonyl (C=O) groups excluding carboxylic acids is 1. The molecule has 2 rings (SSSR count). The number of carbonyl (C=O) groups is 1. The van der Waals surface area contributed by atoms with Gasteiger partial charge in [0.15, 0.2) is 0 Å². The van der Waals surface area contributed by atoms with Crippen molar-refractivity contribution in [2.75, 3.05) is 6.54 Å². The number of thiophene rings is 1. The van der Waals surface area contributed by atoms with Gasteiger partial charge in [-0.3, -0.25) is 4.79 Å². The van der Waals surface area contributed by atoms with Crippen LogP contribution in [0.15, 0.2) is 23.6 Å². The van der Waals surface area contributed by atoms with Crippen LogP contribution in [0.2, 0.25) is 0 Å². The molecule has 4 nitrogen and oxygen atoms in total. The molecule has 1 amide bonds. The van der Waals surface area contributed by atoms with Gasteiger partial charge in [-0.1, -0.05) is 13.0 Å². The molecule has 0 aliphatic carbocycles. The van der Waals surface area contributed by atoms with Gasteiger partial charge in [0, 0.05) is 22.8 Å². The maximum Gasteiger partial charge on any atom is 0.253 e. The molecule has 2 aromatic heterocycles. The Morgan fingerprint density at radius 2 is 2.13 bits per heavy atom. The minimum Gasteiger partial charge on any atom is -0.393 e. The molecule has 2 N–H and O–H groups in total. The Morgan fingerprint density at radius 3 is 2.74 bits per heavy atom. The molecule has 2 heterocycles. The van der Waals surface area contributed by atoms with Crippen LogP contribution in [0.3, 0.4) is 0 Å². The fourth-order valence-corrected chi connectivity index (χ4v) is 3.55. The van der Waals surface area contributed by atoms with Crippen LogP contribution in [0, 0.1) is 19.8 Å². The van der Waals surface area contributed by atoms with Gasteiger partial charge in [-0.25, -0.2) is 0 Å². The number of nitrogens with one attached hydrogen (secondary N) is 1. The normalized spacial score (nSPS) is 13.8. The third-order valence-electron chi connectivity index (χ3n) is 4.07. The Hall–Kier alpha value is -1.59. The van der Waals surface area contributed by atoms with Gasteiger partial charge in [0.2, 0.25) is 0 Å². The highest BCUT2D eigenvalue weighted by atomic mass is 32.1. The summed E-state index contributed by atoms with van der Waals surface area (Å²) in [5.74, 6) is 0.224. The van der Waals surface area contributed by atoms with Crippen LogP contribution >= 0.6 is 11.3 Å². The van der Waals surface area contributed by atoms with E-state index in [0.717, 1.165) is 23.5 Å². The Labute approximate surface area is 142 Å². The maximum absolute atomic E-state index is 12.4. The molecule has 126 valence electrons. The number of hydrogen-bond acceptors (Lipinski definition) is 3. The minimum atomic E-state index is -0.335. The molecular formula is C18H26N2O2S. The minimum absolute atomic E-state index is 0.0343. The number of aliphatic hydroxyl groups is 1. The van der Waals surface area contributed by atoms with Gasteiger partial charge in [-0.15, -0.1) is 11.3 Å². The van der Waals surface area contributed by atoms with Crippen LogP contribution in [0.5, 0.6) is 0 Å². The standard InChI is InChI=1S/C18H26N2O2S/c1-12(8-14(3)21)10-19-18(22)17-9-13(2)20(15(17)4)11-16-6-5-7-23-16/h5-7,9,12,14,21H,8,10-11H2,1-4H3,(H,19,22). The van der Waals surface area contributed by atoms with Gasteiger partial charge in [0.05, 0.1) is 18.2 Å². The van der Waals surface area contributed by atoms with E-state index in [1.807, 2.05) is 32.9 Å². The summed E-state index contributed by atoms with van der Waals surface area (Å²) in [6.45, 7) is 9.23. The molecule has 0 aliphatic rings. The van der Waals surface area contributed by atoms with Crippen molar-refractivity contribution in [1.82, 2.24) is 9.88 Å². The first-order valence-electron chi connectivity index (χ1n) is 8.03. The van der Waals surface area contributed by atoms with Crippen molar-refractivity contribution < 1.29 is 9.90 Å². The van der Waals surface area contributed by atoms with Crippen molar-refractivity contribution in [2.45, 2.75) is 46.8 Å². The summed E-state index contributed by atoms with van der Waals surface area (Å²) in [7, 11) is 0. The van der Waals surface area contributed by atoms with E-state index in [9.17, 15) is 9.90 Å². The fraction of sp³-hybridized carbons (Fsp3) is 0.500. The molecule has 0 saturated carbocycles. The highest BCUT2D eigenvalue weighted by Crippen LogP contribution is 2.19. The summed E-state index contributed by atoms with van der Waals surface area (Å²) in [5, 5.41) is 14.4. The van der Waals surface area contributed by atoms with E-state index in [2.05, 4.69) is 21.3 Å². The Morgan fingerprint density at radius 1 is 1.39 bits per heavy atom. The molecular weight excluding hydrogens is 308 g/mol. The van der Waals surface area contributed by atoms with Crippen LogP contribution in [0.4, 0.5) is 0 Å². The van der Waals surface area contributed by atoms with Crippen LogP contribution in [0.25, 0.3) is 0 Å². The van der Waals surface area contributed by atoms with Gasteiger partial charge >= 0.3 is 0 Å². The van der Waals surface area contributed by atoms with Crippen LogP contribution in [0.1, 0.15) is 46.9 Å². The fourth-order valence-electron chi connectivity index (χ4n) is 2.86. The van der Waals surface area contributed by atoms with E-state index >= 15 is 0 Å². The van der Waals surface area contributed by atoms with E-state index in [1.165, 1.54) is 4.88 Å². The maximum atomic E-state index is 12.4. The summed E-state index contributed by atoms with van der Waals surface area (Å²) < 4.78 is 2.18. The molecule has 0 radical (unpaired) electrons. The average Bonchev–Trinajstić information content (AvgIpc) is 3.08. The second-order valence-electron chi connectivity index (χ2n) is 6.35. The van der Waals surface area contributed by atoms with E-state index in [4.69, 9.17) is 0 Å². The molecule has 0 aliphatic heterocycles. The Kier molecular flexibility index (Phi) is 6.02. The second kappa shape index (κ2) is 7.79. The number of amides is 1. The first-order valence-corrected chi connectivity index (χ1v) is 8.91. The number of aryl methyl sites for hydroxylation is 1. The molecule has 2 aromatic rings. The molecule has 0 spiro atoms. The lowest BCUT2D eigenvalue weighted by Gasteiger charge is -2.14. The summed E-state index contributed by atoms with van der Waals surface area (Å²) in [4.78, 5) is 13.7. The van der Waals surface area contributed by atoms with Crippen molar-refractivity contribution in [3.8, 4) is 0 Å². The Balaban J connectivity index is 2.03. The average molecular weight is 334 g/mol. The topological polar surface area (TPSA) is 54.3 Å². The molecule has 5 heteroatoms. The predicted octanol–water partition coefficient (Wildman–Crippen LogP) is 3.35. The zero-order valence-corrected chi connectivity index (χ0v) is 15.1. The highest BCUT2D eigenvalue weighted by Gasteiger charge is 2.17. The molecule has 0 aromatic carbocycles. The molecule has 0 saturated heterocycles. The van der Waals surface area contributed by atoms with E-state index in [1.54, 1.807) is 18.3 Å². The molecule has 0 fully saturated rings. The molecule has 2 atom stereocenters. The zero-order chi connectivity index (χ0) is 17.0. The van der Waals surface area contributed by atoms with Crippen LogP contribution in [-0.2, 0) is 6.54 Å². The molecule has 2 unspecified atom stereocenters. The van der Waals surface area contributed by atoms with Crippen LogP contribution < -0.4 is 5.32 Å². The third kappa shape index (κ3) is 4.69. The SMILES string of the molecule is Cc1cc(C(=O)NCC(C)CC(C)O)c(C)n1Cc1cccs1. The van der Waals surface area contributed by atoms with Crippen molar-refractivity contribution in [2.24, 2.45) is 5.92 Å². The van der Waals surface area contributed by atoms with E-state index in [-0.39, 0.29) is 17.9 Å². The second-order valence-corrected chi connectivity index (χ2v) is 7.38. The van der Waals surface area contributed by atoms with Crippen molar-refractivity contribution in [3.63, 3.8) is 0 Å². The van der Waals surface area contributed by atoms with Gasteiger partial charge < -0.3 is 15.0 Å². The number of aromatic nitrogens is 1. The lowest BCUT2D eigenvalue weighted by Crippen LogP contribution is -2.29. The van der Waals surface area contributed by atoms with Gasteiger partial charge in [0.25, 0.3) is 5.91 Å². The van der Waals surface area contributed by atoms with E-state index < -0.39 is 0 Å². The summed E-state index contributed by atoms with van der Waals surface area (Å²) in [5.41, 5.74) is 2.83. The quantitative estimate of drug-likeness (QED) is 0.816. The van der Waals surface area contributed by atoms with E-state index in [0.29, 0.717) is 13.0 Å². The highest BCUT2D eigenvalue weighted by molar-refractivity contribution is 7.09. The van der Waals surface area contributed by atoms with Crippen molar-refractivity contribution in [3.05, 3.63) is 45.4 Å². The zero-order valence-electron chi connectivity index (χ0n) is 14.3. The summed E-state index contributed by atoms with van der Waals surface area (Å²) >= 11 is 1.73. The first-order chi connectivity index (χ1) is 10.9. The van der Waals surface area contributed by atoms with Gasteiger partial charge in [0.1, 0.15) is 0 Å². The number of hydrogen-bond donors (Lipinski definition) is 2. The van der Waals surface area contributed by atoms with Crippen molar-refractivity contribution >= 4 is 17.2 Å².